The van der Waals surface area contributed by atoms with Crippen molar-refractivity contribution >= 4 is 0 Å². The molecule has 0 amide bonds. The molecule has 0 aliphatic carbocycles. The maximum Gasteiger partial charge on any atom is 0.126 e. The van der Waals surface area contributed by atoms with E-state index in [1.54, 1.807) is 0 Å². The number of nitrogens with zero attached hydrogens (tertiary/aromatic N) is 1. The maximum atomic E-state index is 6.02. The summed E-state index contributed by atoms with van der Waals surface area (Å²) in [7, 11) is 0. The summed E-state index contributed by atoms with van der Waals surface area (Å²) < 4.78 is 0. The number of hydrogen-bond donors (Lipinski definition) is 2. The van der Waals surface area contributed by atoms with Crippen molar-refractivity contribution in [3.63, 3.8) is 0 Å². The molecule has 2 aromatic rings. The average Bonchev–Trinajstić information content (AvgIpc) is 2.78. The topological polar surface area (TPSA) is 54.7 Å². The molecule has 0 radical (unpaired) electrons. The van der Waals surface area contributed by atoms with E-state index < -0.39 is 5.54 Å². The standard InChI is InChI=1S/C15H21N3/c1-10(2)11-5-7-12(8-6-11)13-9-17-14(18-13)15(3,4)16/h5-10H,16H2,1-4H3,(H,17,18). The lowest BCUT2D eigenvalue weighted by Crippen LogP contribution is -2.30. The molecule has 3 N–H and O–H groups in total. The lowest BCUT2D eigenvalue weighted by molar-refractivity contribution is 0.520. The van der Waals surface area contributed by atoms with Gasteiger partial charge < -0.3 is 10.7 Å². The van der Waals surface area contributed by atoms with Crippen LogP contribution in [-0.4, -0.2) is 9.97 Å². The van der Waals surface area contributed by atoms with E-state index in [1.807, 2.05) is 20.0 Å². The summed E-state index contributed by atoms with van der Waals surface area (Å²) in [4.78, 5) is 7.62. The molecule has 0 spiro atoms. The Kier molecular flexibility index (Phi) is 3.26. The number of nitrogens with one attached hydrogen (secondary N) is 1. The summed E-state index contributed by atoms with van der Waals surface area (Å²) in [5.74, 6) is 1.37. The quantitative estimate of drug-likeness (QED) is 0.868. The zero-order chi connectivity index (χ0) is 13.3. The molecule has 0 saturated carbocycles. The minimum atomic E-state index is -0.434. The highest BCUT2D eigenvalue weighted by molar-refractivity contribution is 5.59. The van der Waals surface area contributed by atoms with Crippen molar-refractivity contribution in [2.75, 3.05) is 0 Å². The molecular weight excluding hydrogens is 222 g/mol. The van der Waals surface area contributed by atoms with Crippen LogP contribution in [0.25, 0.3) is 11.3 Å². The first-order valence-corrected chi connectivity index (χ1v) is 6.32. The molecular formula is C15H21N3. The van der Waals surface area contributed by atoms with E-state index in [0.29, 0.717) is 5.92 Å². The van der Waals surface area contributed by atoms with Gasteiger partial charge in [-0.1, -0.05) is 38.1 Å². The third-order valence-electron chi connectivity index (χ3n) is 3.07. The van der Waals surface area contributed by atoms with Crippen LogP contribution in [0.2, 0.25) is 0 Å². The van der Waals surface area contributed by atoms with E-state index in [4.69, 9.17) is 5.73 Å². The Morgan fingerprint density at radius 3 is 2.22 bits per heavy atom. The number of hydrogen-bond acceptors (Lipinski definition) is 2. The fraction of sp³-hybridized carbons (Fsp3) is 0.400. The van der Waals surface area contributed by atoms with Gasteiger partial charge in [0.25, 0.3) is 0 Å². The van der Waals surface area contributed by atoms with Crippen molar-refractivity contribution in [2.45, 2.75) is 39.2 Å². The van der Waals surface area contributed by atoms with Crippen molar-refractivity contribution in [1.29, 1.82) is 0 Å². The largest absolute Gasteiger partial charge is 0.340 e. The van der Waals surface area contributed by atoms with Gasteiger partial charge in [-0.3, -0.25) is 0 Å². The van der Waals surface area contributed by atoms with Crippen LogP contribution in [0.5, 0.6) is 0 Å². The van der Waals surface area contributed by atoms with Gasteiger partial charge in [0.05, 0.1) is 17.4 Å². The van der Waals surface area contributed by atoms with Crippen LogP contribution in [0.1, 0.15) is 45.0 Å². The molecule has 96 valence electrons. The molecule has 18 heavy (non-hydrogen) atoms. The summed E-state index contributed by atoms with van der Waals surface area (Å²) in [6.45, 7) is 8.27. The Hall–Kier alpha value is -1.61. The van der Waals surface area contributed by atoms with Gasteiger partial charge in [-0.2, -0.15) is 0 Å². The fourth-order valence-electron chi connectivity index (χ4n) is 1.84. The number of rotatable bonds is 3. The molecule has 1 aromatic heterocycles. The number of imidazole rings is 1. The highest BCUT2D eigenvalue weighted by atomic mass is 15.0. The lowest BCUT2D eigenvalue weighted by Gasteiger charge is -2.14. The molecule has 0 unspecified atom stereocenters. The number of aromatic amines is 1. The molecule has 0 atom stereocenters. The second-order valence-electron chi connectivity index (χ2n) is 5.64. The maximum absolute atomic E-state index is 6.02. The van der Waals surface area contributed by atoms with Gasteiger partial charge in [0.1, 0.15) is 5.82 Å². The Bertz CT molecular complexity index is 515. The van der Waals surface area contributed by atoms with E-state index >= 15 is 0 Å². The van der Waals surface area contributed by atoms with E-state index in [2.05, 4.69) is 48.1 Å². The third kappa shape index (κ3) is 2.62. The minimum Gasteiger partial charge on any atom is -0.340 e. The predicted molar refractivity (Wildman–Crippen MR) is 75.3 cm³/mol. The van der Waals surface area contributed by atoms with Crippen molar-refractivity contribution < 1.29 is 0 Å². The molecule has 0 bridgehead atoms. The molecule has 2 rings (SSSR count). The zero-order valence-electron chi connectivity index (χ0n) is 11.5. The molecule has 3 nitrogen and oxygen atoms in total. The second-order valence-corrected chi connectivity index (χ2v) is 5.64. The van der Waals surface area contributed by atoms with Gasteiger partial charge in [0.2, 0.25) is 0 Å². The van der Waals surface area contributed by atoms with E-state index in [-0.39, 0.29) is 0 Å². The molecule has 0 aliphatic rings. The summed E-state index contributed by atoms with van der Waals surface area (Å²) in [5, 5.41) is 0. The average molecular weight is 243 g/mol. The van der Waals surface area contributed by atoms with Crippen LogP contribution < -0.4 is 5.73 Å². The molecule has 1 heterocycles. The summed E-state index contributed by atoms with van der Waals surface area (Å²) in [5.41, 5.74) is 9.08. The van der Waals surface area contributed by atoms with Gasteiger partial charge in [-0.15, -0.1) is 0 Å². The highest BCUT2D eigenvalue weighted by Crippen LogP contribution is 2.23. The monoisotopic (exact) mass is 243 g/mol. The summed E-state index contributed by atoms with van der Waals surface area (Å²) in [6, 6.07) is 8.56. The normalized spacial score (nSPS) is 12.1. The smallest absolute Gasteiger partial charge is 0.126 e. The summed E-state index contributed by atoms with van der Waals surface area (Å²) >= 11 is 0. The first-order chi connectivity index (χ1) is 8.38. The van der Waals surface area contributed by atoms with Crippen LogP contribution in [-0.2, 0) is 5.54 Å². The molecule has 0 saturated heterocycles. The van der Waals surface area contributed by atoms with E-state index in [1.165, 1.54) is 5.56 Å². The Morgan fingerprint density at radius 2 is 1.78 bits per heavy atom. The Balaban J connectivity index is 2.29. The SMILES string of the molecule is CC(C)c1ccc(-c2cnc(C(C)(C)N)[nH]2)cc1. The van der Waals surface area contributed by atoms with Gasteiger partial charge in [0.15, 0.2) is 0 Å². The molecule has 3 heteroatoms. The van der Waals surface area contributed by atoms with Gasteiger partial charge in [-0.25, -0.2) is 4.98 Å². The van der Waals surface area contributed by atoms with Crippen molar-refractivity contribution in [3.05, 3.63) is 41.9 Å². The number of aromatic nitrogens is 2. The van der Waals surface area contributed by atoms with Crippen LogP contribution in [0.4, 0.5) is 0 Å². The molecule has 0 fully saturated rings. The van der Waals surface area contributed by atoms with Crippen molar-refractivity contribution in [3.8, 4) is 11.3 Å². The first-order valence-electron chi connectivity index (χ1n) is 6.32. The van der Waals surface area contributed by atoms with Crippen LogP contribution in [0, 0.1) is 0 Å². The Morgan fingerprint density at radius 1 is 1.17 bits per heavy atom. The minimum absolute atomic E-state index is 0.434. The zero-order valence-corrected chi connectivity index (χ0v) is 11.5. The number of nitrogens with two attached hydrogens (primary N) is 1. The first kappa shape index (κ1) is 12.8. The summed E-state index contributed by atoms with van der Waals surface area (Å²) in [6.07, 6.45) is 1.84. The fourth-order valence-corrected chi connectivity index (χ4v) is 1.84. The van der Waals surface area contributed by atoms with E-state index in [0.717, 1.165) is 17.1 Å². The molecule has 0 aliphatic heterocycles. The molecule has 1 aromatic carbocycles. The van der Waals surface area contributed by atoms with Crippen LogP contribution >= 0.6 is 0 Å². The van der Waals surface area contributed by atoms with Gasteiger partial charge >= 0.3 is 0 Å². The second kappa shape index (κ2) is 4.58. The number of H-pyrrole nitrogens is 1. The van der Waals surface area contributed by atoms with Gasteiger partial charge in [-0.05, 0) is 30.9 Å². The predicted octanol–water partition coefficient (Wildman–Crippen LogP) is 3.39. The third-order valence-corrected chi connectivity index (χ3v) is 3.07. The van der Waals surface area contributed by atoms with Gasteiger partial charge in [0, 0.05) is 0 Å². The lowest BCUT2D eigenvalue weighted by atomic mass is 10.0. The van der Waals surface area contributed by atoms with Crippen LogP contribution in [0.3, 0.4) is 0 Å². The highest BCUT2D eigenvalue weighted by Gasteiger charge is 2.18. The van der Waals surface area contributed by atoms with Crippen LogP contribution in [0.15, 0.2) is 30.5 Å². The van der Waals surface area contributed by atoms with Crippen molar-refractivity contribution in [2.24, 2.45) is 5.73 Å². The Labute approximate surface area is 108 Å². The number of benzene rings is 1. The van der Waals surface area contributed by atoms with Crippen molar-refractivity contribution in [1.82, 2.24) is 9.97 Å². The van der Waals surface area contributed by atoms with E-state index in [9.17, 15) is 0 Å².